The van der Waals surface area contributed by atoms with Crippen LogP contribution in [-0.4, -0.2) is 24.4 Å². The van der Waals surface area contributed by atoms with Crippen molar-refractivity contribution in [3.8, 4) is 6.07 Å². The smallest absolute Gasteiger partial charge is 0.238 e. The molecule has 0 aliphatic carbocycles. The van der Waals surface area contributed by atoms with E-state index < -0.39 is 0 Å². The zero-order valence-corrected chi connectivity index (χ0v) is 14.1. The van der Waals surface area contributed by atoms with E-state index in [-0.39, 0.29) is 24.8 Å². The van der Waals surface area contributed by atoms with Crippen molar-refractivity contribution in [1.29, 1.82) is 5.26 Å². The number of hydrogen-bond donors (Lipinski definition) is 1. The third kappa shape index (κ3) is 4.40. The van der Waals surface area contributed by atoms with E-state index in [9.17, 15) is 9.18 Å². The van der Waals surface area contributed by atoms with Crippen molar-refractivity contribution in [2.75, 3.05) is 18.9 Å². The average Bonchev–Trinajstić information content (AvgIpc) is 2.53. The molecule has 24 heavy (non-hydrogen) atoms. The van der Waals surface area contributed by atoms with Crippen LogP contribution in [0.25, 0.3) is 0 Å². The van der Waals surface area contributed by atoms with Gasteiger partial charge in [-0.15, -0.1) is 0 Å². The summed E-state index contributed by atoms with van der Waals surface area (Å²) in [4.78, 5) is 13.9. The van der Waals surface area contributed by atoms with Gasteiger partial charge >= 0.3 is 0 Å². The van der Waals surface area contributed by atoms with E-state index in [0.717, 1.165) is 16.8 Å². The van der Waals surface area contributed by atoms with Crippen LogP contribution in [-0.2, 0) is 11.3 Å². The van der Waals surface area contributed by atoms with Crippen LogP contribution < -0.4 is 5.32 Å². The van der Waals surface area contributed by atoms with Gasteiger partial charge in [0.25, 0.3) is 0 Å². The van der Waals surface area contributed by atoms with E-state index in [1.165, 1.54) is 18.2 Å². The van der Waals surface area contributed by atoms with Gasteiger partial charge < -0.3 is 5.32 Å². The average molecular weight is 325 g/mol. The van der Waals surface area contributed by atoms with E-state index in [4.69, 9.17) is 5.26 Å². The maximum Gasteiger partial charge on any atom is 0.238 e. The topological polar surface area (TPSA) is 56.1 Å². The van der Waals surface area contributed by atoms with E-state index in [2.05, 4.69) is 5.32 Å². The lowest BCUT2D eigenvalue weighted by Crippen LogP contribution is -2.30. The second-order valence-corrected chi connectivity index (χ2v) is 5.89. The Morgan fingerprint density at radius 1 is 1.29 bits per heavy atom. The molecule has 1 N–H and O–H groups in total. The van der Waals surface area contributed by atoms with Gasteiger partial charge in [-0.1, -0.05) is 12.1 Å². The number of nitrogens with one attached hydrogen (secondary N) is 1. The molecule has 0 atom stereocenters. The minimum absolute atomic E-state index is 0.129. The Morgan fingerprint density at radius 3 is 2.75 bits per heavy atom. The molecule has 0 saturated carbocycles. The standard InChI is InChI=1S/C19H20FN3O/c1-13-5-4-6-18(14(13)2)22-19(24)12-23(3)11-16-9-15(10-21)7-8-17(16)20/h4-9H,11-12H2,1-3H3,(H,22,24). The lowest BCUT2D eigenvalue weighted by Gasteiger charge is -2.18. The predicted octanol–water partition coefficient (Wildman–Crippen LogP) is 3.38. The molecule has 0 aliphatic heterocycles. The predicted molar refractivity (Wildman–Crippen MR) is 92.0 cm³/mol. The van der Waals surface area contributed by atoms with Crippen molar-refractivity contribution in [3.05, 3.63) is 64.5 Å². The van der Waals surface area contributed by atoms with Crippen LogP contribution in [0.4, 0.5) is 10.1 Å². The lowest BCUT2D eigenvalue weighted by atomic mass is 10.1. The molecule has 0 heterocycles. The first-order valence-corrected chi connectivity index (χ1v) is 7.64. The van der Waals surface area contributed by atoms with E-state index in [0.29, 0.717) is 11.1 Å². The highest BCUT2D eigenvalue weighted by Crippen LogP contribution is 2.18. The highest BCUT2D eigenvalue weighted by molar-refractivity contribution is 5.93. The Labute approximate surface area is 141 Å². The Hall–Kier alpha value is -2.71. The fourth-order valence-corrected chi connectivity index (χ4v) is 2.43. The van der Waals surface area contributed by atoms with Crippen molar-refractivity contribution in [2.45, 2.75) is 20.4 Å². The van der Waals surface area contributed by atoms with Gasteiger partial charge in [0.2, 0.25) is 5.91 Å². The number of anilines is 1. The van der Waals surface area contributed by atoms with Crippen LogP contribution in [0.15, 0.2) is 36.4 Å². The number of benzene rings is 2. The van der Waals surface area contributed by atoms with Crippen molar-refractivity contribution < 1.29 is 9.18 Å². The SMILES string of the molecule is Cc1cccc(NC(=O)CN(C)Cc2cc(C#N)ccc2F)c1C. The quantitative estimate of drug-likeness (QED) is 0.917. The number of carbonyl (C=O) groups is 1. The van der Waals surface area contributed by atoms with Crippen LogP contribution in [0.1, 0.15) is 22.3 Å². The Bertz CT molecular complexity index is 796. The van der Waals surface area contributed by atoms with Crippen LogP contribution in [0.5, 0.6) is 0 Å². The first kappa shape index (κ1) is 17.6. The van der Waals surface area contributed by atoms with Crippen LogP contribution in [0.3, 0.4) is 0 Å². The van der Waals surface area contributed by atoms with E-state index >= 15 is 0 Å². The maximum atomic E-state index is 13.8. The van der Waals surface area contributed by atoms with Gasteiger partial charge in [0.15, 0.2) is 0 Å². The summed E-state index contributed by atoms with van der Waals surface area (Å²) in [5.74, 6) is -0.543. The van der Waals surface area contributed by atoms with Gasteiger partial charge in [-0.05, 0) is 56.3 Å². The van der Waals surface area contributed by atoms with Crippen LogP contribution >= 0.6 is 0 Å². The Morgan fingerprint density at radius 2 is 2.04 bits per heavy atom. The minimum Gasteiger partial charge on any atom is -0.325 e. The summed E-state index contributed by atoms with van der Waals surface area (Å²) >= 11 is 0. The second kappa shape index (κ2) is 7.71. The summed E-state index contributed by atoms with van der Waals surface area (Å²) in [5, 5.41) is 11.8. The minimum atomic E-state index is -0.379. The third-order valence-corrected chi connectivity index (χ3v) is 3.91. The molecule has 4 nitrogen and oxygen atoms in total. The number of hydrogen-bond acceptors (Lipinski definition) is 3. The molecule has 0 fully saturated rings. The van der Waals surface area contributed by atoms with Gasteiger partial charge in [0.05, 0.1) is 18.2 Å². The summed E-state index contributed by atoms with van der Waals surface area (Å²) in [5.41, 5.74) is 3.72. The molecule has 0 unspecified atom stereocenters. The molecule has 2 aromatic rings. The molecule has 0 radical (unpaired) electrons. The molecule has 0 spiro atoms. The normalized spacial score (nSPS) is 10.5. The van der Waals surface area contributed by atoms with Gasteiger partial charge in [-0.25, -0.2) is 4.39 Å². The number of halogens is 1. The molecule has 124 valence electrons. The fourth-order valence-electron chi connectivity index (χ4n) is 2.43. The highest BCUT2D eigenvalue weighted by Gasteiger charge is 2.12. The number of nitrogens with zero attached hydrogens (tertiary/aromatic N) is 2. The summed E-state index contributed by atoms with van der Waals surface area (Å²) in [6.07, 6.45) is 0. The van der Waals surface area contributed by atoms with Gasteiger partial charge in [-0.2, -0.15) is 5.26 Å². The molecule has 0 aliphatic rings. The largest absolute Gasteiger partial charge is 0.325 e. The summed E-state index contributed by atoms with van der Waals surface area (Å²) < 4.78 is 13.8. The maximum absolute atomic E-state index is 13.8. The van der Waals surface area contributed by atoms with Gasteiger partial charge in [0, 0.05) is 17.8 Å². The second-order valence-electron chi connectivity index (χ2n) is 5.89. The number of carbonyl (C=O) groups excluding carboxylic acids is 1. The zero-order valence-electron chi connectivity index (χ0n) is 14.1. The molecule has 1 amide bonds. The van der Waals surface area contributed by atoms with Gasteiger partial charge in [-0.3, -0.25) is 9.69 Å². The number of rotatable bonds is 5. The molecule has 0 aromatic heterocycles. The number of aryl methyl sites for hydroxylation is 1. The third-order valence-electron chi connectivity index (χ3n) is 3.91. The van der Waals surface area contributed by atoms with Crippen molar-refractivity contribution in [1.82, 2.24) is 4.90 Å². The molecule has 2 aromatic carbocycles. The van der Waals surface area contributed by atoms with Crippen LogP contribution in [0, 0.1) is 31.0 Å². The summed E-state index contributed by atoms with van der Waals surface area (Å²) in [6.45, 7) is 4.32. The van der Waals surface area contributed by atoms with E-state index in [1.54, 1.807) is 11.9 Å². The van der Waals surface area contributed by atoms with Crippen molar-refractivity contribution >= 4 is 11.6 Å². The highest BCUT2D eigenvalue weighted by atomic mass is 19.1. The molecular formula is C19H20FN3O. The zero-order chi connectivity index (χ0) is 17.7. The Kier molecular flexibility index (Phi) is 5.67. The number of amides is 1. The molecule has 5 heteroatoms. The van der Waals surface area contributed by atoms with Crippen LogP contribution in [0.2, 0.25) is 0 Å². The van der Waals surface area contributed by atoms with Gasteiger partial charge in [0.1, 0.15) is 5.82 Å². The number of nitriles is 1. The molecular weight excluding hydrogens is 305 g/mol. The molecule has 0 bridgehead atoms. The monoisotopic (exact) mass is 325 g/mol. The lowest BCUT2D eigenvalue weighted by molar-refractivity contribution is -0.117. The fraction of sp³-hybridized carbons (Fsp3) is 0.263. The molecule has 2 rings (SSSR count). The van der Waals surface area contributed by atoms with Crippen molar-refractivity contribution in [3.63, 3.8) is 0 Å². The summed E-state index contributed by atoms with van der Waals surface area (Å²) in [6, 6.07) is 11.9. The summed E-state index contributed by atoms with van der Waals surface area (Å²) in [7, 11) is 1.74. The first-order valence-electron chi connectivity index (χ1n) is 7.64. The Balaban J connectivity index is 1.99. The molecule has 0 saturated heterocycles. The van der Waals surface area contributed by atoms with Crippen molar-refractivity contribution in [2.24, 2.45) is 0 Å². The number of likely N-dealkylation sites (N-methyl/N-ethyl adjacent to an activating group) is 1. The van der Waals surface area contributed by atoms with E-state index in [1.807, 2.05) is 38.1 Å². The first-order chi connectivity index (χ1) is 11.4.